The Kier molecular flexibility index (Phi) is 6.09. The lowest BCUT2D eigenvalue weighted by Crippen LogP contribution is -2.39. The van der Waals surface area contributed by atoms with Crippen molar-refractivity contribution >= 4 is 33.4 Å². The number of benzene rings is 1. The summed E-state index contributed by atoms with van der Waals surface area (Å²) < 4.78 is 13.4. The van der Waals surface area contributed by atoms with Crippen molar-refractivity contribution in [2.45, 2.75) is 26.3 Å². The second-order valence-corrected chi connectivity index (χ2v) is 5.66. The van der Waals surface area contributed by atoms with Gasteiger partial charge in [-0.15, -0.1) is 11.6 Å². The van der Waals surface area contributed by atoms with E-state index in [1.807, 2.05) is 13.8 Å². The first-order chi connectivity index (χ1) is 8.45. The van der Waals surface area contributed by atoms with Gasteiger partial charge in [-0.05, 0) is 46.5 Å². The lowest BCUT2D eigenvalue weighted by Gasteiger charge is -2.21. The first-order valence-electron chi connectivity index (χ1n) is 5.77. The number of hydrogen-bond acceptors (Lipinski definition) is 1. The molecule has 1 aromatic rings. The molecule has 0 aliphatic rings. The smallest absolute Gasteiger partial charge is 0.252 e. The Morgan fingerprint density at radius 1 is 1.50 bits per heavy atom. The van der Waals surface area contributed by atoms with Gasteiger partial charge in [0, 0.05) is 16.4 Å². The standard InChI is InChI=1S/C13H16BrClFNO/c1-8(2)12(5-6-15)17-13(18)10-4-3-9(16)7-11(10)14/h3-4,7-8,12H,5-6H2,1-2H3,(H,17,18). The van der Waals surface area contributed by atoms with Gasteiger partial charge in [0.15, 0.2) is 0 Å². The maximum absolute atomic E-state index is 12.9. The van der Waals surface area contributed by atoms with Crippen LogP contribution in [0.4, 0.5) is 4.39 Å². The molecule has 0 saturated carbocycles. The van der Waals surface area contributed by atoms with Crippen LogP contribution in [0.1, 0.15) is 30.6 Å². The lowest BCUT2D eigenvalue weighted by molar-refractivity contribution is 0.0924. The molecule has 0 spiro atoms. The van der Waals surface area contributed by atoms with E-state index < -0.39 is 0 Å². The molecule has 100 valence electrons. The monoisotopic (exact) mass is 335 g/mol. The van der Waals surface area contributed by atoms with E-state index >= 15 is 0 Å². The summed E-state index contributed by atoms with van der Waals surface area (Å²) in [7, 11) is 0. The maximum Gasteiger partial charge on any atom is 0.252 e. The summed E-state index contributed by atoms with van der Waals surface area (Å²) in [5.74, 6) is 0.200. The highest BCUT2D eigenvalue weighted by Gasteiger charge is 2.18. The predicted octanol–water partition coefficient (Wildman–Crippen LogP) is 3.97. The van der Waals surface area contributed by atoms with Gasteiger partial charge in [-0.1, -0.05) is 13.8 Å². The van der Waals surface area contributed by atoms with Crippen molar-refractivity contribution in [1.82, 2.24) is 5.32 Å². The summed E-state index contributed by atoms with van der Waals surface area (Å²) in [5, 5.41) is 2.92. The minimum atomic E-state index is -0.375. The van der Waals surface area contributed by atoms with Gasteiger partial charge in [-0.25, -0.2) is 4.39 Å². The topological polar surface area (TPSA) is 29.1 Å². The fourth-order valence-corrected chi connectivity index (χ4v) is 2.38. The molecule has 5 heteroatoms. The molecule has 0 bridgehead atoms. The van der Waals surface area contributed by atoms with Gasteiger partial charge in [0.1, 0.15) is 5.82 Å². The maximum atomic E-state index is 12.9. The zero-order valence-electron chi connectivity index (χ0n) is 10.3. The van der Waals surface area contributed by atoms with Crippen LogP contribution in [0.3, 0.4) is 0 Å². The van der Waals surface area contributed by atoms with Gasteiger partial charge in [-0.3, -0.25) is 4.79 Å². The van der Waals surface area contributed by atoms with E-state index in [1.165, 1.54) is 18.2 Å². The molecule has 1 N–H and O–H groups in total. The Hall–Kier alpha value is -0.610. The van der Waals surface area contributed by atoms with Gasteiger partial charge < -0.3 is 5.32 Å². The number of halogens is 3. The highest BCUT2D eigenvalue weighted by atomic mass is 79.9. The first-order valence-corrected chi connectivity index (χ1v) is 7.10. The van der Waals surface area contributed by atoms with Crippen LogP contribution in [0, 0.1) is 11.7 Å². The molecular weight excluding hydrogens is 321 g/mol. The predicted molar refractivity (Wildman–Crippen MR) is 75.5 cm³/mol. The molecule has 1 aromatic carbocycles. The zero-order chi connectivity index (χ0) is 13.7. The van der Waals surface area contributed by atoms with Crippen LogP contribution < -0.4 is 5.32 Å². The molecule has 1 unspecified atom stereocenters. The van der Waals surface area contributed by atoms with Crippen LogP contribution in [-0.4, -0.2) is 17.8 Å². The average Bonchev–Trinajstić information content (AvgIpc) is 2.27. The molecule has 1 amide bonds. The Bertz CT molecular complexity index is 425. The molecule has 1 rings (SSSR count). The molecule has 0 aromatic heterocycles. The summed E-state index contributed by atoms with van der Waals surface area (Å²) in [6.07, 6.45) is 0.712. The Labute approximate surface area is 120 Å². The molecule has 2 nitrogen and oxygen atoms in total. The second-order valence-electron chi connectivity index (χ2n) is 4.43. The number of alkyl halides is 1. The van der Waals surface area contributed by atoms with E-state index in [1.54, 1.807) is 0 Å². The van der Waals surface area contributed by atoms with E-state index in [0.717, 1.165) is 0 Å². The van der Waals surface area contributed by atoms with Gasteiger partial charge in [-0.2, -0.15) is 0 Å². The Morgan fingerprint density at radius 2 is 2.17 bits per heavy atom. The van der Waals surface area contributed by atoms with Crippen LogP contribution in [0.2, 0.25) is 0 Å². The third-order valence-corrected chi connectivity index (χ3v) is 3.59. The molecular formula is C13H16BrClFNO. The van der Waals surface area contributed by atoms with Crippen molar-refractivity contribution in [2.75, 3.05) is 5.88 Å². The molecule has 0 radical (unpaired) electrons. The summed E-state index contributed by atoms with van der Waals surface area (Å²) in [6, 6.07) is 4.03. The van der Waals surface area contributed by atoms with Crippen molar-refractivity contribution in [3.05, 3.63) is 34.1 Å². The van der Waals surface area contributed by atoms with E-state index in [9.17, 15) is 9.18 Å². The number of rotatable bonds is 5. The largest absolute Gasteiger partial charge is 0.349 e. The third-order valence-electron chi connectivity index (χ3n) is 2.72. The minimum absolute atomic E-state index is 0.0203. The SMILES string of the molecule is CC(C)C(CCCl)NC(=O)c1ccc(F)cc1Br. The fourth-order valence-electron chi connectivity index (χ4n) is 1.61. The normalized spacial score (nSPS) is 12.6. The van der Waals surface area contributed by atoms with Crippen molar-refractivity contribution < 1.29 is 9.18 Å². The summed E-state index contributed by atoms with van der Waals surface area (Å²) >= 11 is 8.90. The lowest BCUT2D eigenvalue weighted by atomic mass is 10.0. The molecule has 1 atom stereocenters. The van der Waals surface area contributed by atoms with Crippen molar-refractivity contribution in [3.8, 4) is 0 Å². The van der Waals surface area contributed by atoms with Gasteiger partial charge in [0.05, 0.1) is 5.56 Å². The van der Waals surface area contributed by atoms with Crippen molar-refractivity contribution in [2.24, 2.45) is 5.92 Å². The summed E-state index contributed by atoms with van der Waals surface area (Å²) in [6.45, 7) is 4.05. The zero-order valence-corrected chi connectivity index (χ0v) is 12.7. The van der Waals surface area contributed by atoms with E-state index in [0.29, 0.717) is 28.3 Å². The highest BCUT2D eigenvalue weighted by Crippen LogP contribution is 2.19. The first kappa shape index (κ1) is 15.4. The quantitative estimate of drug-likeness (QED) is 0.810. The third kappa shape index (κ3) is 4.25. The average molecular weight is 337 g/mol. The van der Waals surface area contributed by atoms with Crippen LogP contribution in [-0.2, 0) is 0 Å². The number of hydrogen-bond donors (Lipinski definition) is 1. The molecule has 0 saturated heterocycles. The van der Waals surface area contributed by atoms with Crippen LogP contribution in [0.5, 0.6) is 0 Å². The number of carbonyl (C=O) groups is 1. The molecule has 0 aliphatic carbocycles. The molecule has 0 fully saturated rings. The second kappa shape index (κ2) is 7.10. The van der Waals surface area contributed by atoms with E-state index in [2.05, 4.69) is 21.2 Å². The fraction of sp³-hybridized carbons (Fsp3) is 0.462. The van der Waals surface area contributed by atoms with Crippen molar-refractivity contribution in [1.29, 1.82) is 0 Å². The van der Waals surface area contributed by atoms with Gasteiger partial charge in [0.2, 0.25) is 0 Å². The van der Waals surface area contributed by atoms with Crippen LogP contribution in [0.15, 0.2) is 22.7 Å². The van der Waals surface area contributed by atoms with Crippen LogP contribution >= 0.6 is 27.5 Å². The Morgan fingerprint density at radius 3 is 2.67 bits per heavy atom. The van der Waals surface area contributed by atoms with Gasteiger partial charge in [0.25, 0.3) is 5.91 Å². The highest BCUT2D eigenvalue weighted by molar-refractivity contribution is 9.10. The molecule has 18 heavy (non-hydrogen) atoms. The number of carbonyl (C=O) groups excluding carboxylic acids is 1. The molecule has 0 heterocycles. The van der Waals surface area contributed by atoms with Gasteiger partial charge >= 0.3 is 0 Å². The van der Waals surface area contributed by atoms with E-state index in [4.69, 9.17) is 11.6 Å². The number of amides is 1. The van der Waals surface area contributed by atoms with Crippen LogP contribution in [0.25, 0.3) is 0 Å². The Balaban J connectivity index is 2.80. The molecule has 0 aliphatic heterocycles. The minimum Gasteiger partial charge on any atom is -0.349 e. The summed E-state index contributed by atoms with van der Waals surface area (Å²) in [4.78, 5) is 12.1. The van der Waals surface area contributed by atoms with E-state index in [-0.39, 0.29) is 17.8 Å². The number of nitrogens with one attached hydrogen (secondary N) is 1. The van der Waals surface area contributed by atoms with Crippen molar-refractivity contribution in [3.63, 3.8) is 0 Å². The summed E-state index contributed by atoms with van der Waals surface area (Å²) in [5.41, 5.74) is 0.427.